The van der Waals surface area contributed by atoms with Gasteiger partial charge in [-0.05, 0) is 37.3 Å². The molecule has 1 aromatic carbocycles. The number of rotatable bonds is 6. The molecule has 1 saturated heterocycles. The van der Waals surface area contributed by atoms with E-state index in [2.05, 4.69) is 4.72 Å². The smallest absolute Gasteiger partial charge is 0.223 e. The fraction of sp³-hybridized carbons (Fsp3) is 0.562. The second kappa shape index (κ2) is 7.88. The van der Waals surface area contributed by atoms with Gasteiger partial charge in [0.2, 0.25) is 15.9 Å². The minimum atomic E-state index is -3.27. The summed E-state index contributed by atoms with van der Waals surface area (Å²) >= 11 is 0. The second-order valence-electron chi connectivity index (χ2n) is 5.95. The number of benzene rings is 1. The highest BCUT2D eigenvalue weighted by Crippen LogP contribution is 2.19. The van der Waals surface area contributed by atoms with Crippen LogP contribution in [0.1, 0.15) is 31.2 Å². The van der Waals surface area contributed by atoms with Gasteiger partial charge in [0.05, 0.1) is 6.26 Å². The molecular weight excluding hydrogens is 319 g/mol. The summed E-state index contributed by atoms with van der Waals surface area (Å²) in [6.07, 6.45) is 4.38. The van der Waals surface area contributed by atoms with Gasteiger partial charge in [0.25, 0.3) is 0 Å². The van der Waals surface area contributed by atoms with Gasteiger partial charge < -0.3 is 4.90 Å². The predicted octanol–water partition coefficient (Wildman–Crippen LogP) is 1.69. The average molecular weight is 342 g/mol. The third kappa shape index (κ3) is 5.58. The highest BCUT2D eigenvalue weighted by atomic mass is 32.2. The third-order valence-electron chi connectivity index (χ3n) is 4.09. The first-order valence-electron chi connectivity index (χ1n) is 7.84. The van der Waals surface area contributed by atoms with Crippen molar-refractivity contribution in [3.05, 3.63) is 35.6 Å². The molecule has 1 unspecified atom stereocenters. The molecule has 2 rings (SSSR count). The molecule has 1 amide bonds. The molecule has 1 heterocycles. The van der Waals surface area contributed by atoms with Crippen molar-refractivity contribution < 1.29 is 17.6 Å². The molecule has 0 spiro atoms. The van der Waals surface area contributed by atoms with Gasteiger partial charge in [-0.25, -0.2) is 17.5 Å². The van der Waals surface area contributed by atoms with E-state index in [4.69, 9.17) is 0 Å². The summed E-state index contributed by atoms with van der Waals surface area (Å²) in [7, 11) is -3.27. The molecule has 128 valence electrons. The van der Waals surface area contributed by atoms with E-state index in [1.807, 2.05) is 0 Å². The summed E-state index contributed by atoms with van der Waals surface area (Å²) in [5.41, 5.74) is 0.531. The van der Waals surface area contributed by atoms with Gasteiger partial charge in [-0.3, -0.25) is 4.79 Å². The number of nitrogens with one attached hydrogen (secondary N) is 1. The van der Waals surface area contributed by atoms with Crippen molar-refractivity contribution in [2.24, 2.45) is 0 Å². The van der Waals surface area contributed by atoms with Crippen LogP contribution in [0.25, 0.3) is 0 Å². The number of halogens is 1. The number of hydrogen-bond donors (Lipinski definition) is 1. The minimum absolute atomic E-state index is 0.0479. The summed E-state index contributed by atoms with van der Waals surface area (Å²) < 4.78 is 38.6. The number of nitrogens with zero attached hydrogens (tertiary/aromatic N) is 1. The maximum atomic E-state index is 13.6. The molecule has 5 nitrogen and oxygen atoms in total. The van der Waals surface area contributed by atoms with Crippen LogP contribution in [0.2, 0.25) is 0 Å². The van der Waals surface area contributed by atoms with Gasteiger partial charge >= 0.3 is 0 Å². The van der Waals surface area contributed by atoms with Gasteiger partial charge in [-0.1, -0.05) is 18.2 Å². The van der Waals surface area contributed by atoms with Crippen molar-refractivity contribution in [3.63, 3.8) is 0 Å². The minimum Gasteiger partial charge on any atom is -0.338 e. The zero-order chi connectivity index (χ0) is 16.9. The first kappa shape index (κ1) is 17.9. The Balaban J connectivity index is 1.94. The molecule has 1 N–H and O–H groups in total. The van der Waals surface area contributed by atoms with Gasteiger partial charge in [-0.2, -0.15) is 0 Å². The van der Waals surface area contributed by atoms with Crippen LogP contribution in [-0.4, -0.2) is 44.6 Å². The Labute approximate surface area is 136 Å². The summed E-state index contributed by atoms with van der Waals surface area (Å²) in [5.74, 6) is -0.345. The first-order chi connectivity index (χ1) is 10.9. The molecule has 23 heavy (non-hydrogen) atoms. The molecule has 0 bridgehead atoms. The molecule has 1 fully saturated rings. The zero-order valence-corrected chi connectivity index (χ0v) is 14.1. The van der Waals surface area contributed by atoms with E-state index in [0.717, 1.165) is 25.5 Å². The largest absolute Gasteiger partial charge is 0.338 e. The Morgan fingerprint density at radius 3 is 2.78 bits per heavy atom. The van der Waals surface area contributed by atoms with Gasteiger partial charge in [0.15, 0.2) is 0 Å². The van der Waals surface area contributed by atoms with Crippen molar-refractivity contribution in [1.82, 2.24) is 9.62 Å². The molecule has 0 aromatic heterocycles. The van der Waals surface area contributed by atoms with E-state index in [1.165, 1.54) is 6.07 Å². The lowest BCUT2D eigenvalue weighted by Gasteiger charge is -2.36. The fourth-order valence-electron chi connectivity index (χ4n) is 2.88. The number of carbonyl (C=O) groups is 1. The zero-order valence-electron chi connectivity index (χ0n) is 13.3. The Hall–Kier alpha value is -1.47. The summed E-state index contributed by atoms with van der Waals surface area (Å²) in [5, 5.41) is 0. The Kier molecular flexibility index (Phi) is 6.12. The quantitative estimate of drug-likeness (QED) is 0.855. The topological polar surface area (TPSA) is 66.5 Å². The van der Waals surface area contributed by atoms with Crippen LogP contribution in [0, 0.1) is 5.82 Å². The molecule has 1 aliphatic rings. The average Bonchev–Trinajstić information content (AvgIpc) is 2.51. The maximum Gasteiger partial charge on any atom is 0.223 e. The fourth-order valence-corrected chi connectivity index (χ4v) is 3.37. The first-order valence-corrected chi connectivity index (χ1v) is 9.73. The normalized spacial score (nSPS) is 18.9. The third-order valence-corrected chi connectivity index (χ3v) is 4.79. The molecular formula is C16H23FN2O3S. The van der Waals surface area contributed by atoms with Crippen LogP contribution in [0.5, 0.6) is 0 Å². The Morgan fingerprint density at radius 1 is 1.35 bits per heavy atom. The van der Waals surface area contributed by atoms with Crippen LogP contribution in [-0.2, 0) is 21.2 Å². The van der Waals surface area contributed by atoms with E-state index < -0.39 is 10.0 Å². The molecule has 0 radical (unpaired) electrons. The summed E-state index contributed by atoms with van der Waals surface area (Å²) in [4.78, 5) is 14.2. The van der Waals surface area contributed by atoms with Crippen molar-refractivity contribution in [1.29, 1.82) is 0 Å². The molecule has 1 atom stereocenters. The van der Waals surface area contributed by atoms with Crippen LogP contribution < -0.4 is 4.72 Å². The second-order valence-corrected chi connectivity index (χ2v) is 7.78. The number of piperidine rings is 1. The van der Waals surface area contributed by atoms with E-state index in [9.17, 15) is 17.6 Å². The highest BCUT2D eigenvalue weighted by Gasteiger charge is 2.27. The van der Waals surface area contributed by atoms with Crippen LogP contribution >= 0.6 is 0 Å². The monoisotopic (exact) mass is 342 g/mol. The number of amides is 1. The molecule has 0 aliphatic carbocycles. The van der Waals surface area contributed by atoms with Crippen LogP contribution in [0.4, 0.5) is 4.39 Å². The number of likely N-dealkylation sites (tertiary alicyclic amines) is 1. The van der Waals surface area contributed by atoms with Crippen LogP contribution in [0.15, 0.2) is 24.3 Å². The lowest BCUT2D eigenvalue weighted by Crippen LogP contribution is -2.49. The van der Waals surface area contributed by atoms with E-state index in [1.54, 1.807) is 23.1 Å². The number of aryl methyl sites for hydroxylation is 1. The maximum absolute atomic E-state index is 13.6. The SMILES string of the molecule is CS(=O)(=O)NCC1CCCCN1C(=O)CCc1ccccc1F. The van der Waals surface area contributed by atoms with E-state index >= 15 is 0 Å². The van der Waals surface area contributed by atoms with E-state index in [0.29, 0.717) is 18.5 Å². The van der Waals surface area contributed by atoms with Gasteiger partial charge in [0, 0.05) is 25.6 Å². The van der Waals surface area contributed by atoms with Crippen LogP contribution in [0.3, 0.4) is 0 Å². The lowest BCUT2D eigenvalue weighted by atomic mass is 10.0. The summed E-state index contributed by atoms with van der Waals surface area (Å²) in [6, 6.07) is 6.33. The Morgan fingerprint density at radius 2 is 2.09 bits per heavy atom. The van der Waals surface area contributed by atoms with Crippen molar-refractivity contribution >= 4 is 15.9 Å². The molecule has 0 saturated carbocycles. The van der Waals surface area contributed by atoms with Gasteiger partial charge in [0.1, 0.15) is 5.82 Å². The van der Waals surface area contributed by atoms with Gasteiger partial charge in [-0.15, -0.1) is 0 Å². The molecule has 1 aromatic rings. The Bertz CT molecular complexity index is 648. The number of carbonyl (C=O) groups excluding carboxylic acids is 1. The lowest BCUT2D eigenvalue weighted by molar-refractivity contribution is -0.134. The summed E-state index contributed by atoms with van der Waals surface area (Å²) in [6.45, 7) is 0.872. The standard InChI is InChI=1S/C16H23FN2O3S/c1-23(21,22)18-12-14-7-4-5-11-19(14)16(20)10-9-13-6-2-3-8-15(13)17/h2-3,6,8,14,18H,4-5,7,9-12H2,1H3. The highest BCUT2D eigenvalue weighted by molar-refractivity contribution is 7.88. The number of hydrogen-bond acceptors (Lipinski definition) is 3. The molecule has 7 heteroatoms. The van der Waals surface area contributed by atoms with Crippen molar-refractivity contribution in [3.8, 4) is 0 Å². The number of sulfonamides is 1. The molecule has 1 aliphatic heterocycles. The van der Waals surface area contributed by atoms with Crippen molar-refractivity contribution in [2.45, 2.75) is 38.1 Å². The predicted molar refractivity (Wildman–Crippen MR) is 86.9 cm³/mol. The van der Waals surface area contributed by atoms with Crippen molar-refractivity contribution in [2.75, 3.05) is 19.3 Å². The van der Waals surface area contributed by atoms with E-state index in [-0.39, 0.29) is 30.7 Å².